The van der Waals surface area contributed by atoms with E-state index in [-0.39, 0.29) is 17.7 Å². The van der Waals surface area contributed by atoms with Crippen LogP contribution in [0.2, 0.25) is 0 Å². The highest BCUT2D eigenvalue weighted by Crippen LogP contribution is 2.31. The number of aryl methyl sites for hydroxylation is 2. The summed E-state index contributed by atoms with van der Waals surface area (Å²) in [5.41, 5.74) is 3.94. The summed E-state index contributed by atoms with van der Waals surface area (Å²) in [5, 5.41) is 0. The van der Waals surface area contributed by atoms with Crippen LogP contribution in [0.15, 0.2) is 53.6 Å². The Hall–Kier alpha value is -3.52. The van der Waals surface area contributed by atoms with Crippen molar-refractivity contribution < 1.29 is 4.74 Å². The first-order valence-corrected chi connectivity index (χ1v) is 11.7. The zero-order valence-electron chi connectivity index (χ0n) is 20.1. The lowest BCUT2D eigenvalue weighted by Crippen LogP contribution is -2.35. The predicted molar refractivity (Wildman–Crippen MR) is 132 cm³/mol. The fourth-order valence-corrected chi connectivity index (χ4v) is 4.62. The molecule has 4 aromatic rings. The Balaban J connectivity index is 1.63. The molecule has 1 aliphatic heterocycles. The van der Waals surface area contributed by atoms with E-state index in [1.54, 1.807) is 17.8 Å². The van der Waals surface area contributed by atoms with Crippen LogP contribution < -0.4 is 10.3 Å². The van der Waals surface area contributed by atoms with Gasteiger partial charge in [0.1, 0.15) is 17.4 Å². The number of piperidine rings is 1. The molecule has 0 N–H and O–H groups in total. The molecule has 4 aromatic heterocycles. The Morgan fingerprint density at radius 1 is 1.09 bits per heavy atom. The number of rotatable bonds is 5. The van der Waals surface area contributed by atoms with E-state index in [4.69, 9.17) is 14.7 Å². The van der Waals surface area contributed by atoms with Crippen LogP contribution in [0, 0.1) is 6.92 Å². The summed E-state index contributed by atoms with van der Waals surface area (Å²) >= 11 is 0. The van der Waals surface area contributed by atoms with E-state index in [1.807, 2.05) is 49.5 Å². The van der Waals surface area contributed by atoms with Gasteiger partial charge in [-0.05, 0) is 58.0 Å². The number of aromatic nitrogens is 5. The summed E-state index contributed by atoms with van der Waals surface area (Å²) in [7, 11) is 3.90. The first-order valence-electron chi connectivity index (χ1n) is 11.7. The van der Waals surface area contributed by atoms with E-state index in [2.05, 4.69) is 28.4 Å². The summed E-state index contributed by atoms with van der Waals surface area (Å²) in [6.45, 7) is 5.97. The van der Waals surface area contributed by atoms with Gasteiger partial charge in [-0.2, -0.15) is 4.98 Å². The number of pyridine rings is 3. The summed E-state index contributed by atoms with van der Waals surface area (Å²) in [5.74, 6) is 1.36. The molecule has 0 aliphatic carbocycles. The minimum Gasteiger partial charge on any atom is -0.474 e. The average Bonchev–Trinajstić information content (AvgIpc) is 3.22. The van der Waals surface area contributed by atoms with Crippen LogP contribution in [0.3, 0.4) is 0 Å². The molecule has 1 unspecified atom stereocenters. The molecule has 176 valence electrons. The molecule has 8 nitrogen and oxygen atoms in total. The van der Waals surface area contributed by atoms with Crippen LogP contribution in [0.1, 0.15) is 37.1 Å². The minimum atomic E-state index is -0.121. The summed E-state index contributed by atoms with van der Waals surface area (Å²) in [6.07, 6.45) is 5.76. The highest BCUT2D eigenvalue weighted by atomic mass is 16.5. The van der Waals surface area contributed by atoms with E-state index < -0.39 is 0 Å². The topological polar surface area (TPSA) is 78.1 Å². The molecule has 0 spiro atoms. The molecule has 0 bridgehead atoms. The number of imidazole rings is 1. The number of nitrogens with zero attached hydrogens (tertiary/aromatic N) is 6. The van der Waals surface area contributed by atoms with Gasteiger partial charge < -0.3 is 14.2 Å². The Labute approximate surface area is 198 Å². The van der Waals surface area contributed by atoms with Crippen LogP contribution in [0.5, 0.6) is 5.88 Å². The van der Waals surface area contributed by atoms with Gasteiger partial charge in [-0.3, -0.25) is 14.3 Å². The van der Waals surface area contributed by atoms with E-state index in [0.29, 0.717) is 11.4 Å². The highest BCUT2D eigenvalue weighted by molar-refractivity contribution is 5.78. The number of likely N-dealkylation sites (tertiary alicyclic amines) is 1. The third-order valence-corrected chi connectivity index (χ3v) is 6.59. The molecule has 1 atom stereocenters. The van der Waals surface area contributed by atoms with Crippen LogP contribution in [0.25, 0.3) is 22.6 Å². The second-order valence-corrected chi connectivity index (χ2v) is 9.18. The number of fused-ring (bicyclic) bond motifs is 1. The molecule has 1 fully saturated rings. The first kappa shape index (κ1) is 22.3. The third-order valence-electron chi connectivity index (χ3n) is 6.59. The lowest BCUT2D eigenvalue weighted by Gasteiger charge is -2.28. The Bertz CT molecular complexity index is 1340. The molecule has 0 saturated carbocycles. The quantitative estimate of drug-likeness (QED) is 0.455. The van der Waals surface area contributed by atoms with Gasteiger partial charge in [-0.25, -0.2) is 4.98 Å². The van der Waals surface area contributed by atoms with Gasteiger partial charge in [0.15, 0.2) is 5.65 Å². The molecule has 5 rings (SSSR count). The van der Waals surface area contributed by atoms with Crippen molar-refractivity contribution in [3.63, 3.8) is 0 Å². The predicted octanol–water partition coefficient (Wildman–Crippen LogP) is 3.58. The molecule has 1 saturated heterocycles. The molecule has 0 radical (unpaired) electrons. The van der Waals surface area contributed by atoms with Gasteiger partial charge >= 0.3 is 0 Å². The molecule has 0 aromatic carbocycles. The SMILES string of the molecule is Cc1cc(-c2nc3ccc(OC4CCN(C)CC4)nc3n2C(C)c2ccccn2)cn(C)c1=O. The Kier molecular flexibility index (Phi) is 5.91. The number of hydrogen-bond donors (Lipinski definition) is 0. The zero-order valence-corrected chi connectivity index (χ0v) is 20.1. The van der Waals surface area contributed by atoms with Crippen molar-refractivity contribution >= 4 is 11.2 Å². The lowest BCUT2D eigenvalue weighted by molar-refractivity contribution is 0.110. The third kappa shape index (κ3) is 4.21. The van der Waals surface area contributed by atoms with Crippen LogP contribution in [0.4, 0.5) is 0 Å². The standard InChI is InChI=1S/C26H30N6O2/c1-17-15-19(16-31(4)26(17)33)24-28-22-8-9-23(34-20-10-13-30(3)14-11-20)29-25(22)32(24)18(2)21-7-5-6-12-27-21/h5-9,12,15-16,18,20H,10-11,13-14H2,1-4H3. The monoisotopic (exact) mass is 458 g/mol. The van der Waals surface area contributed by atoms with Gasteiger partial charge in [-0.15, -0.1) is 0 Å². The van der Waals surface area contributed by atoms with Crippen molar-refractivity contribution in [2.75, 3.05) is 20.1 Å². The summed E-state index contributed by atoms with van der Waals surface area (Å²) < 4.78 is 9.98. The van der Waals surface area contributed by atoms with Crippen molar-refractivity contribution in [1.29, 1.82) is 0 Å². The van der Waals surface area contributed by atoms with Crippen molar-refractivity contribution in [3.05, 3.63) is 70.4 Å². The fraction of sp³-hybridized carbons (Fsp3) is 0.385. The Morgan fingerprint density at radius 3 is 2.59 bits per heavy atom. The molecule has 0 amide bonds. The maximum absolute atomic E-state index is 12.3. The van der Waals surface area contributed by atoms with Gasteiger partial charge in [-0.1, -0.05) is 6.07 Å². The second-order valence-electron chi connectivity index (χ2n) is 9.18. The van der Waals surface area contributed by atoms with E-state index in [9.17, 15) is 4.79 Å². The van der Waals surface area contributed by atoms with Gasteiger partial charge in [0.25, 0.3) is 5.56 Å². The number of hydrogen-bond acceptors (Lipinski definition) is 6. The molecule has 5 heterocycles. The summed E-state index contributed by atoms with van der Waals surface area (Å²) in [6, 6.07) is 11.5. The fourth-order valence-electron chi connectivity index (χ4n) is 4.62. The molecule has 8 heteroatoms. The number of ether oxygens (including phenoxy) is 1. The molecule has 34 heavy (non-hydrogen) atoms. The first-order chi connectivity index (χ1) is 16.4. The second kappa shape index (κ2) is 9.02. The van der Waals surface area contributed by atoms with Crippen LogP contribution in [-0.2, 0) is 7.05 Å². The van der Waals surface area contributed by atoms with E-state index in [1.165, 1.54) is 0 Å². The molecule has 1 aliphatic rings. The van der Waals surface area contributed by atoms with Crippen molar-refractivity contribution in [1.82, 2.24) is 29.0 Å². The average molecular weight is 459 g/mol. The van der Waals surface area contributed by atoms with Crippen LogP contribution >= 0.6 is 0 Å². The summed E-state index contributed by atoms with van der Waals surface area (Å²) in [4.78, 5) is 29.1. The maximum Gasteiger partial charge on any atom is 0.253 e. The normalized spacial score (nSPS) is 16.1. The van der Waals surface area contributed by atoms with Crippen molar-refractivity contribution in [2.24, 2.45) is 7.05 Å². The van der Waals surface area contributed by atoms with Gasteiger partial charge in [0.05, 0.1) is 11.7 Å². The van der Waals surface area contributed by atoms with Crippen molar-refractivity contribution in [2.45, 2.75) is 38.8 Å². The highest BCUT2D eigenvalue weighted by Gasteiger charge is 2.23. The van der Waals surface area contributed by atoms with Crippen molar-refractivity contribution in [3.8, 4) is 17.3 Å². The van der Waals surface area contributed by atoms with Gasteiger partial charge in [0, 0.05) is 49.7 Å². The molecular formula is C26H30N6O2. The lowest BCUT2D eigenvalue weighted by atomic mass is 10.1. The smallest absolute Gasteiger partial charge is 0.253 e. The zero-order chi connectivity index (χ0) is 23.8. The Morgan fingerprint density at radius 2 is 1.88 bits per heavy atom. The maximum atomic E-state index is 12.3. The van der Waals surface area contributed by atoms with E-state index in [0.717, 1.165) is 54.2 Å². The minimum absolute atomic E-state index is 0.0175. The van der Waals surface area contributed by atoms with E-state index >= 15 is 0 Å². The largest absolute Gasteiger partial charge is 0.474 e. The van der Waals surface area contributed by atoms with Gasteiger partial charge in [0.2, 0.25) is 5.88 Å². The molecular weight excluding hydrogens is 428 g/mol. The van der Waals surface area contributed by atoms with Crippen LogP contribution in [-0.4, -0.2) is 55.2 Å².